The van der Waals surface area contributed by atoms with Crippen molar-refractivity contribution >= 4 is 11.9 Å². The van der Waals surface area contributed by atoms with Crippen LogP contribution in [0.2, 0.25) is 0 Å². The van der Waals surface area contributed by atoms with Gasteiger partial charge in [-0.15, -0.1) is 0 Å². The van der Waals surface area contributed by atoms with Crippen molar-refractivity contribution in [3.63, 3.8) is 0 Å². The van der Waals surface area contributed by atoms with Crippen LogP contribution in [-0.4, -0.2) is 40.6 Å². The van der Waals surface area contributed by atoms with Crippen molar-refractivity contribution in [2.24, 2.45) is 0 Å². The summed E-state index contributed by atoms with van der Waals surface area (Å²) in [6, 6.07) is 5.98. The van der Waals surface area contributed by atoms with Crippen LogP contribution in [0.5, 0.6) is 5.75 Å². The first kappa shape index (κ1) is 17.0. The highest BCUT2D eigenvalue weighted by atomic mass is 16.6. The third-order valence-corrected chi connectivity index (χ3v) is 2.98. The monoisotopic (exact) mass is 293 g/mol. The molecule has 0 aliphatic rings. The fraction of sp³-hybridized carbons (Fsp3) is 0.500. The van der Waals surface area contributed by atoms with Crippen LogP contribution in [0.1, 0.15) is 33.3 Å². The number of hydrogen-bond donors (Lipinski definition) is 1. The molecule has 1 rings (SSSR count). The smallest absolute Gasteiger partial charge is 0.410 e. The molecule has 0 aliphatic carbocycles. The van der Waals surface area contributed by atoms with Crippen LogP contribution >= 0.6 is 0 Å². The van der Waals surface area contributed by atoms with Crippen LogP contribution in [0.4, 0.5) is 4.79 Å². The van der Waals surface area contributed by atoms with E-state index in [9.17, 15) is 14.7 Å². The van der Waals surface area contributed by atoms with E-state index >= 15 is 0 Å². The van der Waals surface area contributed by atoms with Gasteiger partial charge in [-0.25, -0.2) is 4.79 Å². The topological polar surface area (TPSA) is 66.8 Å². The molecule has 5 nitrogen and oxygen atoms in total. The van der Waals surface area contributed by atoms with E-state index in [4.69, 9.17) is 4.74 Å². The number of nitrogens with zero attached hydrogens (tertiary/aromatic N) is 1. The molecule has 0 radical (unpaired) electrons. The first-order valence-corrected chi connectivity index (χ1v) is 6.84. The predicted molar refractivity (Wildman–Crippen MR) is 80.3 cm³/mol. The van der Waals surface area contributed by atoms with Crippen molar-refractivity contribution in [1.29, 1.82) is 0 Å². The number of phenols is 1. The fourth-order valence-electron chi connectivity index (χ4n) is 1.87. The molecular weight excluding hydrogens is 270 g/mol. The molecule has 1 unspecified atom stereocenters. The average Bonchev–Trinajstić information content (AvgIpc) is 2.34. The average molecular weight is 293 g/mol. The highest BCUT2D eigenvalue weighted by Gasteiger charge is 2.28. The van der Waals surface area contributed by atoms with Crippen molar-refractivity contribution in [3.05, 3.63) is 29.8 Å². The maximum absolute atomic E-state index is 12.1. The Balaban J connectivity index is 2.83. The zero-order valence-corrected chi connectivity index (χ0v) is 13.2. The lowest BCUT2D eigenvalue weighted by atomic mass is 10.0. The normalized spacial score (nSPS) is 12.6. The van der Waals surface area contributed by atoms with E-state index in [0.717, 1.165) is 5.56 Å². The Labute approximate surface area is 125 Å². The Hall–Kier alpha value is -2.04. The van der Waals surface area contributed by atoms with Gasteiger partial charge in [0, 0.05) is 13.5 Å². The van der Waals surface area contributed by atoms with E-state index < -0.39 is 17.7 Å². The molecule has 0 saturated carbocycles. The van der Waals surface area contributed by atoms with E-state index in [1.54, 1.807) is 52.1 Å². The summed E-state index contributed by atoms with van der Waals surface area (Å²) in [5.74, 6) is 0.0510. The van der Waals surface area contributed by atoms with E-state index in [2.05, 4.69) is 0 Å². The molecule has 0 saturated heterocycles. The number of likely N-dealkylation sites (N-methyl/N-ethyl adjacent to an activating group) is 1. The lowest BCUT2D eigenvalue weighted by molar-refractivity contribution is -0.121. The molecule has 0 heterocycles. The summed E-state index contributed by atoms with van der Waals surface area (Å²) in [5.41, 5.74) is 0.258. The number of rotatable bonds is 4. The number of hydrogen-bond acceptors (Lipinski definition) is 4. The second-order valence-corrected chi connectivity index (χ2v) is 6.09. The second-order valence-electron chi connectivity index (χ2n) is 6.09. The van der Waals surface area contributed by atoms with Crippen molar-refractivity contribution in [2.75, 3.05) is 7.05 Å². The first-order chi connectivity index (χ1) is 9.60. The third-order valence-electron chi connectivity index (χ3n) is 2.98. The van der Waals surface area contributed by atoms with Gasteiger partial charge in [0.15, 0.2) is 5.78 Å². The molecule has 116 valence electrons. The van der Waals surface area contributed by atoms with Gasteiger partial charge in [0.2, 0.25) is 0 Å². The number of ether oxygens (including phenoxy) is 1. The molecule has 5 heteroatoms. The highest BCUT2D eigenvalue weighted by Crippen LogP contribution is 2.16. The summed E-state index contributed by atoms with van der Waals surface area (Å²) in [5, 5.41) is 9.27. The van der Waals surface area contributed by atoms with E-state index in [1.807, 2.05) is 0 Å². The van der Waals surface area contributed by atoms with Crippen LogP contribution in [0, 0.1) is 0 Å². The van der Waals surface area contributed by atoms with E-state index in [-0.39, 0.29) is 11.5 Å². The van der Waals surface area contributed by atoms with Gasteiger partial charge in [0.05, 0.1) is 6.04 Å². The molecule has 0 aromatic heterocycles. The quantitative estimate of drug-likeness (QED) is 0.927. The summed E-state index contributed by atoms with van der Waals surface area (Å²) >= 11 is 0. The molecule has 0 aliphatic heterocycles. The SMILES string of the molecule is CC(=O)C(Cc1ccc(O)cc1)N(C)C(=O)OC(C)(C)C. The van der Waals surface area contributed by atoms with Gasteiger partial charge >= 0.3 is 6.09 Å². The lowest BCUT2D eigenvalue weighted by Crippen LogP contribution is -2.45. The maximum Gasteiger partial charge on any atom is 0.410 e. The fourth-order valence-corrected chi connectivity index (χ4v) is 1.87. The predicted octanol–water partition coefficient (Wildman–Crippen LogP) is 2.76. The van der Waals surface area contributed by atoms with Gasteiger partial charge in [-0.05, 0) is 45.4 Å². The number of Topliss-reactive ketones (excluding diaryl/α,β-unsaturated/α-hetero) is 1. The largest absolute Gasteiger partial charge is 0.508 e. The second kappa shape index (κ2) is 6.61. The molecule has 0 spiro atoms. The van der Waals surface area contributed by atoms with Crippen molar-refractivity contribution in [3.8, 4) is 5.75 Å². The van der Waals surface area contributed by atoms with Crippen LogP contribution < -0.4 is 0 Å². The maximum atomic E-state index is 12.1. The lowest BCUT2D eigenvalue weighted by Gasteiger charge is -2.29. The van der Waals surface area contributed by atoms with Crippen molar-refractivity contribution in [2.45, 2.75) is 45.8 Å². The standard InChI is InChI=1S/C16H23NO4/c1-11(18)14(10-12-6-8-13(19)9-7-12)17(5)15(20)21-16(2,3)4/h6-9,14,19H,10H2,1-5H3. The van der Waals surface area contributed by atoms with E-state index in [0.29, 0.717) is 6.42 Å². The summed E-state index contributed by atoms with van der Waals surface area (Å²) in [7, 11) is 1.56. The zero-order chi connectivity index (χ0) is 16.2. The molecular formula is C16H23NO4. The molecule has 1 N–H and O–H groups in total. The number of ketones is 1. The van der Waals surface area contributed by atoms with Crippen molar-refractivity contribution in [1.82, 2.24) is 4.90 Å². The van der Waals surface area contributed by atoms with Gasteiger partial charge in [-0.1, -0.05) is 12.1 Å². The van der Waals surface area contributed by atoms with Crippen LogP contribution in [0.15, 0.2) is 24.3 Å². The Morgan fingerprint density at radius 3 is 2.19 bits per heavy atom. The van der Waals surface area contributed by atoms with Gasteiger partial charge in [-0.3, -0.25) is 4.79 Å². The number of aromatic hydroxyl groups is 1. The number of benzene rings is 1. The number of carbonyl (C=O) groups is 2. The minimum absolute atomic E-state index is 0.114. The molecule has 0 bridgehead atoms. The van der Waals surface area contributed by atoms with E-state index in [1.165, 1.54) is 11.8 Å². The van der Waals surface area contributed by atoms with Gasteiger partial charge in [0.25, 0.3) is 0 Å². The number of phenolic OH excluding ortho intramolecular Hbond substituents is 1. The Morgan fingerprint density at radius 1 is 1.24 bits per heavy atom. The minimum atomic E-state index is -0.606. The third kappa shape index (κ3) is 5.45. The zero-order valence-electron chi connectivity index (χ0n) is 13.2. The number of carbonyl (C=O) groups excluding carboxylic acids is 2. The van der Waals surface area contributed by atoms with Crippen LogP contribution in [0.3, 0.4) is 0 Å². The number of amides is 1. The Kier molecular flexibility index (Phi) is 5.35. The Morgan fingerprint density at radius 2 is 1.76 bits per heavy atom. The summed E-state index contributed by atoms with van der Waals surface area (Å²) in [6.45, 7) is 6.79. The van der Waals surface area contributed by atoms with Gasteiger partial charge in [-0.2, -0.15) is 0 Å². The Bertz CT molecular complexity index is 502. The van der Waals surface area contributed by atoms with Crippen molar-refractivity contribution < 1.29 is 19.4 Å². The summed E-state index contributed by atoms with van der Waals surface area (Å²) in [4.78, 5) is 25.2. The summed E-state index contributed by atoms with van der Waals surface area (Å²) < 4.78 is 5.28. The highest BCUT2D eigenvalue weighted by molar-refractivity contribution is 5.85. The van der Waals surface area contributed by atoms with Crippen LogP contribution in [-0.2, 0) is 16.0 Å². The molecule has 0 fully saturated rings. The molecule has 1 aromatic carbocycles. The summed E-state index contributed by atoms with van der Waals surface area (Å²) in [6.07, 6.45) is -0.146. The molecule has 1 amide bonds. The minimum Gasteiger partial charge on any atom is -0.508 e. The van der Waals surface area contributed by atoms with Gasteiger partial charge < -0.3 is 14.7 Å². The molecule has 1 aromatic rings. The van der Waals surface area contributed by atoms with Gasteiger partial charge in [0.1, 0.15) is 11.4 Å². The molecule has 21 heavy (non-hydrogen) atoms. The van der Waals surface area contributed by atoms with Crippen LogP contribution in [0.25, 0.3) is 0 Å². The molecule has 1 atom stereocenters. The first-order valence-electron chi connectivity index (χ1n) is 6.84.